The summed E-state index contributed by atoms with van der Waals surface area (Å²) < 4.78 is 12.9. The van der Waals surface area contributed by atoms with Crippen LogP contribution in [0.4, 0.5) is 4.39 Å². The molecule has 1 aromatic carbocycles. The average molecular weight is 278 g/mol. The van der Waals surface area contributed by atoms with E-state index in [-0.39, 0.29) is 11.7 Å². The number of benzene rings is 1. The number of rotatable bonds is 7. The van der Waals surface area contributed by atoms with Crippen molar-refractivity contribution >= 4 is 5.91 Å². The Morgan fingerprint density at radius 1 is 1.40 bits per heavy atom. The van der Waals surface area contributed by atoms with Gasteiger partial charge in [-0.1, -0.05) is 31.9 Å². The Hall–Kier alpha value is -1.42. The summed E-state index contributed by atoms with van der Waals surface area (Å²) >= 11 is 0. The number of nitrogens with two attached hydrogens (primary N) is 1. The molecule has 1 unspecified atom stereocenters. The molecule has 1 saturated carbocycles. The molecule has 1 fully saturated rings. The molecule has 0 aliphatic heterocycles. The molecule has 1 aliphatic carbocycles. The zero-order chi connectivity index (χ0) is 14.5. The number of carbonyl (C=O) groups excluding carboxylic acids is 1. The quantitative estimate of drug-likeness (QED) is 0.833. The van der Waals surface area contributed by atoms with Crippen LogP contribution in [-0.4, -0.2) is 22.9 Å². The summed E-state index contributed by atoms with van der Waals surface area (Å²) in [5, 5.41) is 0. The van der Waals surface area contributed by atoms with Crippen molar-refractivity contribution in [3.05, 3.63) is 35.6 Å². The molecule has 0 saturated heterocycles. The van der Waals surface area contributed by atoms with Crippen LogP contribution in [0.3, 0.4) is 0 Å². The Balaban J connectivity index is 1.99. The van der Waals surface area contributed by atoms with Crippen LogP contribution in [-0.2, 0) is 11.3 Å². The molecular formula is C16H23FN2O. The number of carbonyl (C=O) groups is 1. The van der Waals surface area contributed by atoms with Gasteiger partial charge < -0.3 is 10.6 Å². The molecule has 3 nitrogen and oxygen atoms in total. The highest BCUT2D eigenvalue weighted by Crippen LogP contribution is 2.29. The third-order valence-electron chi connectivity index (χ3n) is 3.72. The molecule has 1 atom stereocenters. The molecule has 4 heteroatoms. The topological polar surface area (TPSA) is 46.3 Å². The summed E-state index contributed by atoms with van der Waals surface area (Å²) in [6, 6.07) is 6.24. The zero-order valence-electron chi connectivity index (χ0n) is 12.0. The van der Waals surface area contributed by atoms with Crippen LogP contribution in [0.25, 0.3) is 0 Å². The van der Waals surface area contributed by atoms with Gasteiger partial charge in [0.25, 0.3) is 0 Å². The van der Waals surface area contributed by atoms with Gasteiger partial charge >= 0.3 is 0 Å². The number of hydrogen-bond acceptors (Lipinski definition) is 2. The van der Waals surface area contributed by atoms with Gasteiger partial charge in [-0.2, -0.15) is 0 Å². The third-order valence-corrected chi connectivity index (χ3v) is 3.72. The van der Waals surface area contributed by atoms with Crippen molar-refractivity contribution in [2.75, 3.05) is 0 Å². The van der Waals surface area contributed by atoms with Crippen molar-refractivity contribution < 1.29 is 9.18 Å². The maximum Gasteiger partial charge on any atom is 0.240 e. The van der Waals surface area contributed by atoms with Crippen LogP contribution in [0.2, 0.25) is 0 Å². The number of halogens is 1. The van der Waals surface area contributed by atoms with Crippen molar-refractivity contribution in [3.63, 3.8) is 0 Å². The van der Waals surface area contributed by atoms with E-state index in [0.717, 1.165) is 37.7 Å². The largest absolute Gasteiger partial charge is 0.334 e. The minimum absolute atomic E-state index is 0.0327. The normalized spacial score (nSPS) is 15.9. The van der Waals surface area contributed by atoms with Crippen LogP contribution in [0, 0.1) is 5.82 Å². The minimum atomic E-state index is -0.406. The molecule has 1 aliphatic rings. The predicted octanol–water partition coefficient (Wildman–Crippen LogP) is 2.83. The predicted molar refractivity (Wildman–Crippen MR) is 77.5 cm³/mol. The molecular weight excluding hydrogens is 255 g/mol. The minimum Gasteiger partial charge on any atom is -0.334 e. The lowest BCUT2D eigenvalue weighted by molar-refractivity contribution is -0.134. The lowest BCUT2D eigenvalue weighted by Crippen LogP contribution is -2.44. The van der Waals surface area contributed by atoms with Crippen LogP contribution in [0.15, 0.2) is 24.3 Å². The van der Waals surface area contributed by atoms with E-state index in [9.17, 15) is 9.18 Å². The molecule has 1 aromatic rings. The summed E-state index contributed by atoms with van der Waals surface area (Å²) in [5.41, 5.74) is 6.95. The monoisotopic (exact) mass is 278 g/mol. The molecule has 0 aromatic heterocycles. The van der Waals surface area contributed by atoms with Crippen LogP contribution in [0.1, 0.15) is 44.6 Å². The van der Waals surface area contributed by atoms with Crippen LogP contribution >= 0.6 is 0 Å². The van der Waals surface area contributed by atoms with Crippen LogP contribution in [0.5, 0.6) is 0 Å². The second kappa shape index (κ2) is 6.84. The fourth-order valence-electron chi connectivity index (χ4n) is 2.32. The average Bonchev–Trinajstić information content (AvgIpc) is 3.28. The van der Waals surface area contributed by atoms with E-state index in [1.165, 1.54) is 12.1 Å². The Labute approximate surface area is 120 Å². The maximum absolute atomic E-state index is 12.9. The Bertz CT molecular complexity index is 442. The number of amides is 1. The Kier molecular flexibility index (Phi) is 5.12. The van der Waals surface area contributed by atoms with Crippen molar-refractivity contribution in [1.82, 2.24) is 4.90 Å². The standard InChI is InChI=1S/C16H23FN2O/c1-2-3-4-15(18)16(20)19(14-9-10-14)11-12-5-7-13(17)8-6-12/h5-8,14-15H,2-4,9-11,18H2,1H3. The van der Waals surface area contributed by atoms with E-state index in [2.05, 4.69) is 6.92 Å². The van der Waals surface area contributed by atoms with Gasteiger partial charge in [-0.05, 0) is 37.0 Å². The molecule has 0 radical (unpaired) electrons. The molecule has 2 N–H and O–H groups in total. The molecule has 0 heterocycles. The SMILES string of the molecule is CCCCC(N)C(=O)N(Cc1ccc(F)cc1)C1CC1. The summed E-state index contributed by atoms with van der Waals surface area (Å²) in [6.07, 6.45) is 4.85. The van der Waals surface area contributed by atoms with Crippen molar-refractivity contribution in [2.45, 2.75) is 57.7 Å². The molecule has 20 heavy (non-hydrogen) atoms. The second-order valence-corrected chi connectivity index (χ2v) is 5.57. The summed E-state index contributed by atoms with van der Waals surface area (Å²) in [5.74, 6) is -0.219. The van der Waals surface area contributed by atoms with E-state index in [4.69, 9.17) is 5.73 Å². The van der Waals surface area contributed by atoms with E-state index >= 15 is 0 Å². The Morgan fingerprint density at radius 3 is 2.60 bits per heavy atom. The van der Waals surface area contributed by atoms with E-state index in [1.54, 1.807) is 12.1 Å². The van der Waals surface area contributed by atoms with Crippen LogP contribution < -0.4 is 5.73 Å². The van der Waals surface area contributed by atoms with Crippen molar-refractivity contribution in [2.24, 2.45) is 5.73 Å². The van der Waals surface area contributed by atoms with Gasteiger partial charge in [-0.15, -0.1) is 0 Å². The smallest absolute Gasteiger partial charge is 0.240 e. The van der Waals surface area contributed by atoms with E-state index in [0.29, 0.717) is 12.6 Å². The van der Waals surface area contributed by atoms with E-state index in [1.807, 2.05) is 4.90 Å². The first-order valence-corrected chi connectivity index (χ1v) is 7.42. The molecule has 0 spiro atoms. The molecule has 2 rings (SSSR count). The lowest BCUT2D eigenvalue weighted by Gasteiger charge is -2.26. The zero-order valence-corrected chi connectivity index (χ0v) is 12.0. The first-order chi connectivity index (χ1) is 9.61. The molecule has 0 bridgehead atoms. The highest BCUT2D eigenvalue weighted by Gasteiger charge is 2.34. The third kappa shape index (κ3) is 4.04. The van der Waals surface area contributed by atoms with E-state index < -0.39 is 6.04 Å². The lowest BCUT2D eigenvalue weighted by atomic mass is 10.1. The fraction of sp³-hybridized carbons (Fsp3) is 0.562. The molecule has 1 amide bonds. The van der Waals surface area contributed by atoms with Gasteiger partial charge in [-0.25, -0.2) is 4.39 Å². The second-order valence-electron chi connectivity index (χ2n) is 5.57. The summed E-state index contributed by atoms with van der Waals surface area (Å²) in [7, 11) is 0. The first kappa shape index (κ1) is 15.0. The van der Waals surface area contributed by atoms with Crippen molar-refractivity contribution in [3.8, 4) is 0 Å². The van der Waals surface area contributed by atoms with Gasteiger partial charge in [0.2, 0.25) is 5.91 Å². The highest BCUT2D eigenvalue weighted by atomic mass is 19.1. The van der Waals surface area contributed by atoms with Crippen molar-refractivity contribution in [1.29, 1.82) is 0 Å². The van der Waals surface area contributed by atoms with Gasteiger partial charge in [0.1, 0.15) is 5.82 Å². The summed E-state index contributed by atoms with van der Waals surface area (Å²) in [4.78, 5) is 14.3. The maximum atomic E-state index is 12.9. The van der Waals surface area contributed by atoms with Gasteiger partial charge in [0.05, 0.1) is 6.04 Å². The molecule has 110 valence electrons. The highest BCUT2D eigenvalue weighted by molar-refractivity contribution is 5.82. The number of nitrogens with zero attached hydrogens (tertiary/aromatic N) is 1. The van der Waals surface area contributed by atoms with Gasteiger partial charge in [-0.3, -0.25) is 4.79 Å². The van der Waals surface area contributed by atoms with Gasteiger partial charge in [0, 0.05) is 12.6 Å². The Morgan fingerprint density at radius 2 is 2.05 bits per heavy atom. The first-order valence-electron chi connectivity index (χ1n) is 7.42. The van der Waals surface area contributed by atoms with Gasteiger partial charge in [0.15, 0.2) is 0 Å². The fourth-order valence-corrected chi connectivity index (χ4v) is 2.32. The summed E-state index contributed by atoms with van der Waals surface area (Å²) in [6.45, 7) is 2.62. The number of unbranched alkanes of at least 4 members (excludes halogenated alkanes) is 1. The number of hydrogen-bond donors (Lipinski definition) is 1.